The van der Waals surface area contributed by atoms with E-state index in [9.17, 15) is 5.11 Å². The maximum atomic E-state index is 9.82. The minimum absolute atomic E-state index is 0.188. The normalized spacial score (nSPS) is 30.3. The average molecular weight is 219 g/mol. The molecule has 1 N–H and O–H groups in total. The summed E-state index contributed by atoms with van der Waals surface area (Å²) in [4.78, 5) is 2.35. The third-order valence-corrected chi connectivity index (χ3v) is 3.65. The third kappa shape index (κ3) is 1.75. The van der Waals surface area contributed by atoms with Crippen molar-refractivity contribution in [3.63, 3.8) is 0 Å². The number of fused-ring (bicyclic) bond motifs is 1. The monoisotopic (exact) mass is 219 g/mol. The quantitative estimate of drug-likeness (QED) is 0.758. The molecule has 3 rings (SSSR count). The Morgan fingerprint density at radius 2 is 2.00 bits per heavy atom. The van der Waals surface area contributed by atoms with Gasteiger partial charge in [-0.05, 0) is 17.5 Å². The van der Waals surface area contributed by atoms with Crippen molar-refractivity contribution < 1.29 is 9.84 Å². The van der Waals surface area contributed by atoms with Gasteiger partial charge in [-0.3, -0.25) is 4.90 Å². The van der Waals surface area contributed by atoms with Crippen LogP contribution in [0.2, 0.25) is 0 Å². The van der Waals surface area contributed by atoms with E-state index < -0.39 is 0 Å². The van der Waals surface area contributed by atoms with Crippen LogP contribution in [-0.2, 0) is 17.7 Å². The molecule has 0 spiro atoms. The maximum Gasteiger partial charge on any atom is 0.0950 e. The molecule has 1 saturated heterocycles. The van der Waals surface area contributed by atoms with Crippen molar-refractivity contribution in [2.75, 3.05) is 19.8 Å². The molecule has 0 radical (unpaired) electrons. The van der Waals surface area contributed by atoms with Gasteiger partial charge in [0.25, 0.3) is 0 Å². The second kappa shape index (κ2) is 4.17. The first-order valence-corrected chi connectivity index (χ1v) is 5.91. The summed E-state index contributed by atoms with van der Waals surface area (Å²) < 4.78 is 5.32. The van der Waals surface area contributed by atoms with Gasteiger partial charge in [0, 0.05) is 13.1 Å². The van der Waals surface area contributed by atoms with Gasteiger partial charge in [0.05, 0.1) is 25.4 Å². The van der Waals surface area contributed by atoms with Crippen LogP contribution in [0.25, 0.3) is 0 Å². The number of nitrogens with zero attached hydrogens (tertiary/aromatic N) is 1. The fraction of sp³-hybridized carbons (Fsp3) is 0.538. The Kier molecular flexibility index (Phi) is 2.67. The Morgan fingerprint density at radius 1 is 1.19 bits per heavy atom. The molecule has 0 unspecified atom stereocenters. The van der Waals surface area contributed by atoms with Gasteiger partial charge < -0.3 is 9.84 Å². The number of hydrogen-bond donors (Lipinski definition) is 1. The van der Waals surface area contributed by atoms with Gasteiger partial charge in [0.2, 0.25) is 0 Å². The summed E-state index contributed by atoms with van der Waals surface area (Å²) in [6, 6.07) is 8.76. The first-order chi connectivity index (χ1) is 7.84. The first kappa shape index (κ1) is 10.3. The number of ether oxygens (including phenoxy) is 1. The summed E-state index contributed by atoms with van der Waals surface area (Å²) in [7, 11) is 0. The van der Waals surface area contributed by atoms with Crippen LogP contribution in [0.15, 0.2) is 24.3 Å². The van der Waals surface area contributed by atoms with Gasteiger partial charge in [-0.1, -0.05) is 24.3 Å². The molecule has 3 nitrogen and oxygen atoms in total. The fourth-order valence-corrected chi connectivity index (χ4v) is 2.68. The van der Waals surface area contributed by atoms with E-state index in [0.717, 1.165) is 19.5 Å². The molecular weight excluding hydrogens is 202 g/mol. The predicted octanol–water partition coefficient (Wildman–Crippen LogP) is 0.804. The van der Waals surface area contributed by atoms with Gasteiger partial charge in [-0.2, -0.15) is 0 Å². The zero-order valence-corrected chi connectivity index (χ0v) is 9.30. The zero-order chi connectivity index (χ0) is 11.0. The lowest BCUT2D eigenvalue weighted by Crippen LogP contribution is -2.45. The highest BCUT2D eigenvalue weighted by molar-refractivity contribution is 5.29. The molecule has 1 fully saturated rings. The van der Waals surface area contributed by atoms with Crippen molar-refractivity contribution in [1.82, 2.24) is 4.90 Å². The second-order valence-corrected chi connectivity index (χ2v) is 4.66. The number of rotatable bonds is 1. The maximum absolute atomic E-state index is 9.82. The van der Waals surface area contributed by atoms with Crippen LogP contribution < -0.4 is 0 Å². The lowest BCUT2D eigenvalue weighted by atomic mass is 9.98. The number of aliphatic hydroxyl groups excluding tert-OH is 1. The fourth-order valence-electron chi connectivity index (χ4n) is 2.68. The van der Waals surface area contributed by atoms with E-state index in [-0.39, 0.29) is 12.1 Å². The lowest BCUT2D eigenvalue weighted by Gasteiger charge is -2.34. The molecule has 0 bridgehead atoms. The highest BCUT2D eigenvalue weighted by Crippen LogP contribution is 2.23. The molecule has 0 aliphatic carbocycles. The van der Waals surface area contributed by atoms with E-state index in [4.69, 9.17) is 4.74 Å². The predicted molar refractivity (Wildman–Crippen MR) is 61.2 cm³/mol. The molecule has 0 saturated carbocycles. The molecule has 1 aromatic carbocycles. The van der Waals surface area contributed by atoms with Crippen molar-refractivity contribution in [2.45, 2.75) is 25.1 Å². The summed E-state index contributed by atoms with van der Waals surface area (Å²) in [6.45, 7) is 3.13. The zero-order valence-electron chi connectivity index (χ0n) is 9.30. The number of hydrogen-bond acceptors (Lipinski definition) is 3. The SMILES string of the molecule is O[C@H]1COC[C@@H]1N1CCc2ccccc2C1. The largest absolute Gasteiger partial charge is 0.389 e. The summed E-state index contributed by atoms with van der Waals surface area (Å²) in [5.41, 5.74) is 2.85. The highest BCUT2D eigenvalue weighted by atomic mass is 16.5. The number of aliphatic hydroxyl groups is 1. The lowest BCUT2D eigenvalue weighted by molar-refractivity contribution is 0.0742. The van der Waals surface area contributed by atoms with Crippen LogP contribution in [0.1, 0.15) is 11.1 Å². The van der Waals surface area contributed by atoms with Gasteiger partial charge in [0.1, 0.15) is 0 Å². The topological polar surface area (TPSA) is 32.7 Å². The molecule has 0 amide bonds. The van der Waals surface area contributed by atoms with Crippen molar-refractivity contribution in [3.8, 4) is 0 Å². The van der Waals surface area contributed by atoms with E-state index in [2.05, 4.69) is 29.2 Å². The molecule has 16 heavy (non-hydrogen) atoms. The summed E-state index contributed by atoms with van der Waals surface area (Å²) in [6.07, 6.45) is 0.768. The van der Waals surface area contributed by atoms with Gasteiger partial charge in [-0.25, -0.2) is 0 Å². The molecule has 86 valence electrons. The van der Waals surface area contributed by atoms with Gasteiger partial charge >= 0.3 is 0 Å². The van der Waals surface area contributed by atoms with Crippen LogP contribution in [-0.4, -0.2) is 41.9 Å². The van der Waals surface area contributed by atoms with Crippen LogP contribution in [0.5, 0.6) is 0 Å². The molecule has 2 heterocycles. The molecule has 2 aliphatic heterocycles. The van der Waals surface area contributed by atoms with E-state index in [1.807, 2.05) is 0 Å². The number of benzene rings is 1. The summed E-state index contributed by atoms with van der Waals surface area (Å²) in [5.74, 6) is 0. The summed E-state index contributed by atoms with van der Waals surface area (Å²) in [5, 5.41) is 9.82. The Hall–Kier alpha value is -0.900. The molecule has 1 aromatic rings. The van der Waals surface area contributed by atoms with E-state index in [1.54, 1.807) is 0 Å². The van der Waals surface area contributed by atoms with Crippen LogP contribution in [0.4, 0.5) is 0 Å². The van der Waals surface area contributed by atoms with Crippen molar-refractivity contribution in [3.05, 3.63) is 35.4 Å². The Morgan fingerprint density at radius 3 is 2.75 bits per heavy atom. The average Bonchev–Trinajstić information content (AvgIpc) is 2.75. The smallest absolute Gasteiger partial charge is 0.0950 e. The highest BCUT2D eigenvalue weighted by Gasteiger charge is 2.33. The van der Waals surface area contributed by atoms with Crippen molar-refractivity contribution in [1.29, 1.82) is 0 Å². The summed E-state index contributed by atoms with van der Waals surface area (Å²) >= 11 is 0. The minimum atomic E-state index is -0.315. The molecular formula is C13H17NO2. The Balaban J connectivity index is 1.77. The van der Waals surface area contributed by atoms with Crippen LogP contribution >= 0.6 is 0 Å². The Labute approximate surface area is 95.6 Å². The molecule has 2 aliphatic rings. The second-order valence-electron chi connectivity index (χ2n) is 4.66. The van der Waals surface area contributed by atoms with Gasteiger partial charge in [0.15, 0.2) is 0 Å². The molecule has 3 heteroatoms. The van der Waals surface area contributed by atoms with Gasteiger partial charge in [-0.15, -0.1) is 0 Å². The molecule has 0 aromatic heterocycles. The van der Waals surface area contributed by atoms with E-state index in [1.165, 1.54) is 11.1 Å². The minimum Gasteiger partial charge on any atom is -0.389 e. The van der Waals surface area contributed by atoms with E-state index in [0.29, 0.717) is 13.2 Å². The van der Waals surface area contributed by atoms with E-state index >= 15 is 0 Å². The standard InChI is InChI=1S/C13H17NO2/c15-13-9-16-8-12(13)14-6-5-10-3-1-2-4-11(10)7-14/h1-4,12-13,15H,5-9H2/t12-,13-/m0/s1. The van der Waals surface area contributed by atoms with Crippen molar-refractivity contribution in [2.24, 2.45) is 0 Å². The Bertz CT molecular complexity index is 380. The van der Waals surface area contributed by atoms with Crippen molar-refractivity contribution >= 4 is 0 Å². The van der Waals surface area contributed by atoms with Crippen LogP contribution in [0.3, 0.4) is 0 Å². The molecule has 2 atom stereocenters. The third-order valence-electron chi connectivity index (χ3n) is 3.65. The first-order valence-electron chi connectivity index (χ1n) is 5.91. The van der Waals surface area contributed by atoms with Crippen LogP contribution in [0, 0.1) is 0 Å².